The van der Waals surface area contributed by atoms with Crippen LogP contribution in [0.4, 0.5) is 0 Å². The summed E-state index contributed by atoms with van der Waals surface area (Å²) in [4.78, 5) is 13.1. The number of hydrogen-bond acceptors (Lipinski definition) is 5. The Morgan fingerprint density at radius 3 is 2.76 bits per heavy atom. The molecule has 0 aliphatic carbocycles. The van der Waals surface area contributed by atoms with Crippen molar-refractivity contribution >= 4 is 0 Å². The third-order valence-corrected chi connectivity index (χ3v) is 4.13. The SMILES string of the molecule is CC(c1ccccc1)c1nccn1Cc1nc(-c2cccnc2)no1. The number of imidazole rings is 1. The molecule has 0 amide bonds. The van der Waals surface area contributed by atoms with Crippen LogP contribution in [0.3, 0.4) is 0 Å². The average Bonchev–Trinajstić information content (AvgIpc) is 3.33. The highest BCUT2D eigenvalue weighted by Crippen LogP contribution is 2.23. The molecule has 6 nitrogen and oxygen atoms in total. The molecule has 124 valence electrons. The first kappa shape index (κ1) is 15.3. The first-order chi connectivity index (χ1) is 12.3. The van der Waals surface area contributed by atoms with Gasteiger partial charge >= 0.3 is 0 Å². The molecule has 0 fully saturated rings. The van der Waals surface area contributed by atoms with E-state index in [2.05, 4.69) is 39.2 Å². The molecule has 4 aromatic rings. The fourth-order valence-corrected chi connectivity index (χ4v) is 2.80. The zero-order valence-corrected chi connectivity index (χ0v) is 13.8. The van der Waals surface area contributed by atoms with Gasteiger partial charge in [0.05, 0.1) is 0 Å². The number of aromatic nitrogens is 5. The second-order valence-electron chi connectivity index (χ2n) is 5.80. The van der Waals surface area contributed by atoms with Gasteiger partial charge in [0.2, 0.25) is 11.7 Å². The fraction of sp³-hybridized carbons (Fsp3) is 0.158. The van der Waals surface area contributed by atoms with Crippen LogP contribution in [0, 0.1) is 0 Å². The monoisotopic (exact) mass is 331 g/mol. The largest absolute Gasteiger partial charge is 0.337 e. The molecule has 0 saturated heterocycles. The third-order valence-electron chi connectivity index (χ3n) is 4.13. The quantitative estimate of drug-likeness (QED) is 0.559. The van der Waals surface area contributed by atoms with E-state index >= 15 is 0 Å². The van der Waals surface area contributed by atoms with Gasteiger partial charge in [-0.1, -0.05) is 42.4 Å². The molecular weight excluding hydrogens is 314 g/mol. The molecule has 0 spiro atoms. The van der Waals surface area contributed by atoms with E-state index in [0.717, 1.165) is 11.4 Å². The van der Waals surface area contributed by atoms with Crippen molar-refractivity contribution in [2.45, 2.75) is 19.4 Å². The molecule has 0 saturated carbocycles. The Morgan fingerprint density at radius 1 is 1.08 bits per heavy atom. The van der Waals surface area contributed by atoms with Crippen LogP contribution >= 0.6 is 0 Å². The summed E-state index contributed by atoms with van der Waals surface area (Å²) in [5.41, 5.74) is 2.05. The number of pyridine rings is 1. The minimum absolute atomic E-state index is 0.178. The van der Waals surface area contributed by atoms with Gasteiger partial charge in [0, 0.05) is 36.3 Å². The standard InChI is InChI=1S/C19H17N5O/c1-14(15-6-3-2-4-7-15)19-21-10-11-24(19)13-17-22-18(23-25-17)16-8-5-9-20-12-16/h2-12,14H,13H2,1H3. The Kier molecular flexibility index (Phi) is 4.08. The molecule has 6 heteroatoms. The van der Waals surface area contributed by atoms with E-state index in [9.17, 15) is 0 Å². The van der Waals surface area contributed by atoms with Gasteiger partial charge in [-0.25, -0.2) is 4.98 Å². The lowest BCUT2D eigenvalue weighted by atomic mass is 10.0. The van der Waals surface area contributed by atoms with Crippen LogP contribution in [0.2, 0.25) is 0 Å². The molecule has 0 N–H and O–H groups in total. The van der Waals surface area contributed by atoms with Crippen LogP contribution in [0.1, 0.15) is 30.1 Å². The van der Waals surface area contributed by atoms with Crippen LogP contribution in [-0.4, -0.2) is 24.7 Å². The lowest BCUT2D eigenvalue weighted by Crippen LogP contribution is -2.09. The zero-order chi connectivity index (χ0) is 17.1. The summed E-state index contributed by atoms with van der Waals surface area (Å²) < 4.78 is 7.44. The van der Waals surface area contributed by atoms with Crippen LogP contribution in [0.25, 0.3) is 11.4 Å². The van der Waals surface area contributed by atoms with E-state index in [1.807, 2.05) is 41.1 Å². The Labute approximate surface area is 145 Å². The average molecular weight is 331 g/mol. The summed E-state index contributed by atoms with van der Waals surface area (Å²) in [7, 11) is 0. The van der Waals surface area contributed by atoms with Crippen LogP contribution < -0.4 is 0 Å². The lowest BCUT2D eigenvalue weighted by molar-refractivity contribution is 0.369. The maximum Gasteiger partial charge on any atom is 0.246 e. The maximum absolute atomic E-state index is 5.40. The Morgan fingerprint density at radius 2 is 1.96 bits per heavy atom. The summed E-state index contributed by atoms with van der Waals surface area (Å²) in [5.74, 6) is 2.23. The van der Waals surface area contributed by atoms with E-state index in [0.29, 0.717) is 18.3 Å². The minimum Gasteiger partial charge on any atom is -0.337 e. The summed E-state index contributed by atoms with van der Waals surface area (Å²) in [6, 6.07) is 14.1. The third kappa shape index (κ3) is 3.19. The van der Waals surface area contributed by atoms with Crippen LogP contribution in [0.5, 0.6) is 0 Å². The molecule has 0 radical (unpaired) electrons. The Bertz CT molecular complexity index is 946. The van der Waals surface area contributed by atoms with E-state index < -0.39 is 0 Å². The smallest absolute Gasteiger partial charge is 0.246 e. The van der Waals surface area contributed by atoms with E-state index in [1.165, 1.54) is 5.56 Å². The van der Waals surface area contributed by atoms with E-state index in [4.69, 9.17) is 4.52 Å². The first-order valence-corrected chi connectivity index (χ1v) is 8.10. The molecule has 3 heterocycles. The van der Waals surface area contributed by atoms with Gasteiger partial charge in [-0.2, -0.15) is 4.98 Å². The van der Waals surface area contributed by atoms with Gasteiger partial charge in [0.1, 0.15) is 12.4 Å². The van der Waals surface area contributed by atoms with Crippen molar-refractivity contribution in [2.75, 3.05) is 0 Å². The van der Waals surface area contributed by atoms with Gasteiger partial charge in [-0.15, -0.1) is 0 Å². The van der Waals surface area contributed by atoms with Crippen molar-refractivity contribution in [2.24, 2.45) is 0 Å². The number of nitrogens with zero attached hydrogens (tertiary/aromatic N) is 5. The molecule has 1 aromatic carbocycles. The predicted molar refractivity (Wildman–Crippen MR) is 92.8 cm³/mol. The molecule has 0 aliphatic rings. The molecule has 0 bridgehead atoms. The highest BCUT2D eigenvalue weighted by Gasteiger charge is 2.16. The van der Waals surface area contributed by atoms with Crippen LogP contribution in [0.15, 0.2) is 71.8 Å². The summed E-state index contributed by atoms with van der Waals surface area (Å²) in [6.45, 7) is 2.63. The van der Waals surface area contributed by atoms with Crippen molar-refractivity contribution in [1.29, 1.82) is 0 Å². The normalized spacial score (nSPS) is 12.2. The fourth-order valence-electron chi connectivity index (χ4n) is 2.80. The van der Waals surface area contributed by atoms with Crippen molar-refractivity contribution in [3.05, 3.63) is 84.5 Å². The number of benzene rings is 1. The topological polar surface area (TPSA) is 69.6 Å². The number of rotatable bonds is 5. The Hall–Kier alpha value is -3.28. The molecule has 3 aromatic heterocycles. The molecular formula is C19H17N5O. The van der Waals surface area contributed by atoms with Crippen molar-refractivity contribution < 1.29 is 4.52 Å². The number of hydrogen-bond donors (Lipinski definition) is 0. The molecule has 25 heavy (non-hydrogen) atoms. The van der Waals surface area contributed by atoms with Crippen molar-refractivity contribution in [3.8, 4) is 11.4 Å². The molecule has 1 atom stereocenters. The van der Waals surface area contributed by atoms with Gasteiger partial charge < -0.3 is 9.09 Å². The highest BCUT2D eigenvalue weighted by molar-refractivity contribution is 5.51. The summed E-state index contributed by atoms with van der Waals surface area (Å²) >= 11 is 0. The van der Waals surface area contributed by atoms with Gasteiger partial charge in [0.25, 0.3) is 0 Å². The van der Waals surface area contributed by atoms with E-state index in [1.54, 1.807) is 18.6 Å². The highest BCUT2D eigenvalue weighted by atomic mass is 16.5. The van der Waals surface area contributed by atoms with E-state index in [-0.39, 0.29) is 5.92 Å². The molecule has 1 unspecified atom stereocenters. The summed E-state index contributed by atoms with van der Waals surface area (Å²) in [6.07, 6.45) is 7.16. The first-order valence-electron chi connectivity index (χ1n) is 8.10. The van der Waals surface area contributed by atoms with Gasteiger partial charge in [-0.3, -0.25) is 4.98 Å². The lowest BCUT2D eigenvalue weighted by Gasteiger charge is -2.13. The van der Waals surface area contributed by atoms with Gasteiger partial charge in [0.15, 0.2) is 0 Å². The van der Waals surface area contributed by atoms with Crippen LogP contribution in [-0.2, 0) is 6.54 Å². The zero-order valence-electron chi connectivity index (χ0n) is 13.8. The predicted octanol–water partition coefficient (Wildman–Crippen LogP) is 3.53. The minimum atomic E-state index is 0.178. The Balaban J connectivity index is 1.57. The molecule has 4 rings (SSSR count). The van der Waals surface area contributed by atoms with Crippen molar-refractivity contribution in [3.63, 3.8) is 0 Å². The second kappa shape index (κ2) is 6.68. The van der Waals surface area contributed by atoms with Crippen molar-refractivity contribution in [1.82, 2.24) is 24.7 Å². The molecule has 0 aliphatic heterocycles. The van der Waals surface area contributed by atoms with Gasteiger partial charge in [-0.05, 0) is 17.7 Å². The summed E-state index contributed by atoms with van der Waals surface area (Å²) in [5, 5.41) is 4.04. The maximum atomic E-state index is 5.40. The second-order valence-corrected chi connectivity index (χ2v) is 5.80.